The summed E-state index contributed by atoms with van der Waals surface area (Å²) in [7, 11) is 1.62. The van der Waals surface area contributed by atoms with E-state index in [4.69, 9.17) is 9.15 Å². The molecular formula is C26H24N4O3S. The number of thioether (sulfide) groups is 1. The highest BCUT2D eigenvalue weighted by Gasteiger charge is 2.20. The number of benzene rings is 3. The van der Waals surface area contributed by atoms with Crippen molar-refractivity contribution in [1.29, 1.82) is 0 Å². The van der Waals surface area contributed by atoms with Crippen LogP contribution in [0.15, 0.2) is 76.4 Å². The minimum Gasteiger partial charge on any atom is -0.497 e. The molecule has 0 bridgehead atoms. The number of carbonyl (C=O) groups is 1. The van der Waals surface area contributed by atoms with Gasteiger partial charge in [0.05, 0.1) is 12.4 Å². The molecule has 0 aliphatic carbocycles. The van der Waals surface area contributed by atoms with Crippen molar-refractivity contribution in [2.45, 2.75) is 30.9 Å². The molecule has 172 valence electrons. The van der Waals surface area contributed by atoms with Crippen LogP contribution >= 0.6 is 11.8 Å². The van der Waals surface area contributed by atoms with Crippen LogP contribution in [0.2, 0.25) is 0 Å². The molecule has 0 spiro atoms. The van der Waals surface area contributed by atoms with Crippen molar-refractivity contribution in [1.82, 2.24) is 14.8 Å². The van der Waals surface area contributed by atoms with Gasteiger partial charge in [-0.25, -0.2) is 0 Å². The van der Waals surface area contributed by atoms with Gasteiger partial charge in [0.2, 0.25) is 11.8 Å². The lowest BCUT2D eigenvalue weighted by atomic mass is 10.1. The molecule has 5 aromatic rings. The second-order valence-electron chi connectivity index (χ2n) is 7.84. The summed E-state index contributed by atoms with van der Waals surface area (Å²) in [6.07, 6.45) is 0. The molecule has 2 aromatic heterocycles. The highest BCUT2D eigenvalue weighted by Crippen LogP contribution is 2.32. The number of aromatic nitrogens is 3. The molecule has 8 heteroatoms. The van der Waals surface area contributed by atoms with Crippen molar-refractivity contribution < 1.29 is 13.9 Å². The van der Waals surface area contributed by atoms with Gasteiger partial charge in [-0.1, -0.05) is 30.0 Å². The number of nitrogens with zero attached hydrogens (tertiary/aromatic N) is 3. The van der Waals surface area contributed by atoms with E-state index in [0.29, 0.717) is 11.1 Å². The number of methoxy groups -OCH3 is 1. The Kier molecular flexibility index (Phi) is 5.98. The number of rotatable bonds is 7. The first-order chi connectivity index (χ1) is 16.6. The van der Waals surface area contributed by atoms with Crippen LogP contribution in [-0.2, 0) is 11.3 Å². The Morgan fingerprint density at radius 1 is 1.06 bits per heavy atom. The van der Waals surface area contributed by atoms with Gasteiger partial charge in [0.1, 0.15) is 5.75 Å². The number of nitrogens with one attached hydrogen (secondary N) is 1. The van der Waals surface area contributed by atoms with Crippen LogP contribution in [0, 0.1) is 0 Å². The van der Waals surface area contributed by atoms with Crippen molar-refractivity contribution in [3.8, 4) is 17.2 Å². The predicted octanol–water partition coefficient (Wildman–Crippen LogP) is 5.99. The topological polar surface area (TPSA) is 82.2 Å². The fourth-order valence-corrected chi connectivity index (χ4v) is 4.71. The molecule has 0 aliphatic rings. The highest BCUT2D eigenvalue weighted by atomic mass is 32.2. The third kappa shape index (κ3) is 4.12. The van der Waals surface area contributed by atoms with E-state index in [0.717, 1.165) is 34.4 Å². The van der Waals surface area contributed by atoms with Crippen LogP contribution in [-0.4, -0.2) is 33.0 Å². The number of amides is 1. The first-order valence-electron chi connectivity index (χ1n) is 11.0. The molecule has 0 saturated heterocycles. The van der Waals surface area contributed by atoms with Crippen molar-refractivity contribution in [2.75, 3.05) is 12.4 Å². The summed E-state index contributed by atoms with van der Waals surface area (Å²) in [4.78, 5) is 12.9. The van der Waals surface area contributed by atoms with E-state index < -0.39 is 5.25 Å². The summed E-state index contributed by atoms with van der Waals surface area (Å²) in [5.74, 6) is 1.02. The van der Waals surface area contributed by atoms with Crippen molar-refractivity contribution in [3.05, 3.63) is 66.7 Å². The largest absolute Gasteiger partial charge is 0.497 e. The van der Waals surface area contributed by atoms with Crippen LogP contribution < -0.4 is 10.1 Å². The molecule has 0 aliphatic heterocycles. The Hall–Kier alpha value is -3.78. The third-order valence-corrected chi connectivity index (χ3v) is 6.68. The Morgan fingerprint density at radius 2 is 1.82 bits per heavy atom. The van der Waals surface area contributed by atoms with Gasteiger partial charge in [0.15, 0.2) is 0 Å². The average molecular weight is 473 g/mol. The summed E-state index contributed by atoms with van der Waals surface area (Å²) < 4.78 is 13.2. The fourth-order valence-electron chi connectivity index (χ4n) is 4.03. The maximum atomic E-state index is 12.9. The third-order valence-electron chi connectivity index (χ3n) is 5.75. The highest BCUT2D eigenvalue weighted by molar-refractivity contribution is 8.00. The molecule has 7 nitrogen and oxygen atoms in total. The lowest BCUT2D eigenvalue weighted by Crippen LogP contribution is -2.22. The minimum absolute atomic E-state index is 0.132. The fraction of sp³-hybridized carbons (Fsp3) is 0.192. The Bertz CT molecular complexity index is 1470. The molecule has 1 atom stereocenters. The van der Waals surface area contributed by atoms with Gasteiger partial charge in [-0.05, 0) is 62.4 Å². The van der Waals surface area contributed by atoms with Gasteiger partial charge < -0.3 is 19.0 Å². The van der Waals surface area contributed by atoms with E-state index >= 15 is 0 Å². The van der Waals surface area contributed by atoms with Crippen LogP contribution in [0.5, 0.6) is 5.75 Å². The van der Waals surface area contributed by atoms with E-state index in [9.17, 15) is 4.79 Å². The van der Waals surface area contributed by atoms with Crippen molar-refractivity contribution >= 4 is 45.2 Å². The normalized spacial score (nSPS) is 12.2. The number of fused-ring (bicyclic) bond motifs is 3. The van der Waals surface area contributed by atoms with E-state index in [1.54, 1.807) is 7.11 Å². The second kappa shape index (κ2) is 9.23. The molecule has 1 amide bonds. The number of ether oxygens (including phenoxy) is 1. The van der Waals surface area contributed by atoms with Gasteiger partial charge in [-0.3, -0.25) is 4.79 Å². The zero-order valence-electron chi connectivity index (χ0n) is 19.1. The maximum absolute atomic E-state index is 12.9. The quantitative estimate of drug-likeness (QED) is 0.293. The Labute approximate surface area is 201 Å². The van der Waals surface area contributed by atoms with Gasteiger partial charge in [0, 0.05) is 39.6 Å². The second-order valence-corrected chi connectivity index (χ2v) is 9.14. The standard InChI is InChI=1S/C26H24N4O3S/c1-4-30-22-8-6-5-7-20(22)21-15-18(11-14-23(21)30)27-24(31)16(2)34-26-29-28-25(33-26)17-9-12-19(32-3)13-10-17/h5-16H,4H2,1-3H3,(H,27,31)/t16-/m1/s1. The summed E-state index contributed by atoms with van der Waals surface area (Å²) >= 11 is 1.23. The number of hydrogen-bond donors (Lipinski definition) is 1. The molecular weight excluding hydrogens is 448 g/mol. The molecule has 0 saturated carbocycles. The monoisotopic (exact) mass is 472 g/mol. The smallest absolute Gasteiger partial charge is 0.277 e. The molecule has 2 heterocycles. The van der Waals surface area contributed by atoms with Crippen LogP contribution in [0.3, 0.4) is 0 Å². The lowest BCUT2D eigenvalue weighted by Gasteiger charge is -2.10. The number of anilines is 1. The number of para-hydroxylation sites is 1. The van der Waals surface area contributed by atoms with Gasteiger partial charge in [-0.2, -0.15) is 0 Å². The summed E-state index contributed by atoms with van der Waals surface area (Å²) in [6, 6.07) is 21.7. The molecule has 34 heavy (non-hydrogen) atoms. The molecule has 3 aromatic carbocycles. The number of aryl methyl sites for hydroxylation is 1. The van der Waals surface area contributed by atoms with E-state index in [-0.39, 0.29) is 5.91 Å². The lowest BCUT2D eigenvalue weighted by molar-refractivity contribution is -0.115. The molecule has 0 unspecified atom stereocenters. The zero-order valence-corrected chi connectivity index (χ0v) is 19.9. The zero-order chi connectivity index (χ0) is 23.7. The molecule has 1 N–H and O–H groups in total. The van der Waals surface area contributed by atoms with E-state index in [1.807, 2.05) is 55.5 Å². The van der Waals surface area contributed by atoms with Gasteiger partial charge >= 0.3 is 0 Å². The van der Waals surface area contributed by atoms with Crippen LogP contribution in [0.25, 0.3) is 33.3 Å². The average Bonchev–Trinajstić information content (AvgIpc) is 3.46. The summed E-state index contributed by atoms with van der Waals surface area (Å²) in [5.41, 5.74) is 3.89. The van der Waals surface area contributed by atoms with Crippen LogP contribution in [0.4, 0.5) is 5.69 Å². The minimum atomic E-state index is -0.420. The number of hydrogen-bond acceptors (Lipinski definition) is 6. The number of carbonyl (C=O) groups excluding carboxylic acids is 1. The van der Waals surface area contributed by atoms with E-state index in [1.165, 1.54) is 22.7 Å². The maximum Gasteiger partial charge on any atom is 0.277 e. The Balaban J connectivity index is 1.30. The van der Waals surface area contributed by atoms with Crippen molar-refractivity contribution in [3.63, 3.8) is 0 Å². The first kappa shape index (κ1) is 22.0. The summed E-state index contributed by atoms with van der Waals surface area (Å²) in [6.45, 7) is 4.84. The predicted molar refractivity (Wildman–Crippen MR) is 135 cm³/mol. The first-order valence-corrected chi connectivity index (χ1v) is 11.9. The van der Waals surface area contributed by atoms with Gasteiger partial charge in [0.25, 0.3) is 5.22 Å². The molecule has 5 rings (SSSR count). The SMILES string of the molecule is CCn1c2ccccc2c2cc(NC(=O)[C@@H](C)Sc3nnc(-c4ccc(OC)cc4)o3)ccc21. The Morgan fingerprint density at radius 3 is 2.59 bits per heavy atom. The van der Waals surface area contributed by atoms with Crippen molar-refractivity contribution in [2.24, 2.45) is 0 Å². The van der Waals surface area contributed by atoms with E-state index in [2.05, 4.69) is 45.2 Å². The van der Waals surface area contributed by atoms with Crippen LogP contribution in [0.1, 0.15) is 13.8 Å². The molecule has 0 radical (unpaired) electrons. The van der Waals surface area contributed by atoms with Gasteiger partial charge in [-0.15, -0.1) is 10.2 Å². The molecule has 0 fully saturated rings. The summed E-state index contributed by atoms with van der Waals surface area (Å²) in [5, 5.41) is 13.4.